The fourth-order valence-electron chi connectivity index (χ4n) is 2.04. The summed E-state index contributed by atoms with van der Waals surface area (Å²) in [6.07, 6.45) is 15.7. The summed E-state index contributed by atoms with van der Waals surface area (Å²) in [4.78, 5) is 0. The standard InChI is InChI=1S/C16H32Si/c1-4-7-10-11-12-13-16-17(14-8-5-2)15-9-6-3/h8-9,14-15,17H,4-7,10-13,16H2,1-3H3. The van der Waals surface area contributed by atoms with Gasteiger partial charge in [-0.05, 0) is 12.8 Å². The van der Waals surface area contributed by atoms with Crippen LogP contribution in [0.2, 0.25) is 6.04 Å². The third-order valence-corrected chi connectivity index (χ3v) is 5.74. The molecule has 0 amide bonds. The molecule has 0 spiro atoms. The first-order chi connectivity index (χ1) is 8.35. The molecule has 0 aromatic rings. The summed E-state index contributed by atoms with van der Waals surface area (Å²) in [5.41, 5.74) is 5.05. The minimum absolute atomic E-state index is 0.689. The summed E-state index contributed by atoms with van der Waals surface area (Å²) >= 11 is 0. The molecule has 0 heterocycles. The molecule has 0 radical (unpaired) electrons. The van der Waals surface area contributed by atoms with E-state index in [1.165, 1.54) is 57.4 Å². The van der Waals surface area contributed by atoms with Gasteiger partial charge >= 0.3 is 0 Å². The summed E-state index contributed by atoms with van der Waals surface area (Å²) in [5.74, 6) is 0. The maximum atomic E-state index is 2.53. The largest absolute Gasteiger partial charge is 0.0974 e. The Balaban J connectivity index is 3.68. The molecular weight excluding hydrogens is 220 g/mol. The van der Waals surface area contributed by atoms with Gasteiger partial charge in [-0.3, -0.25) is 0 Å². The lowest BCUT2D eigenvalue weighted by atomic mass is 10.1. The van der Waals surface area contributed by atoms with Crippen LogP contribution in [0.25, 0.3) is 0 Å². The molecule has 0 aliphatic heterocycles. The normalized spacial score (nSPS) is 13.8. The maximum Gasteiger partial charge on any atom is 0.0844 e. The van der Waals surface area contributed by atoms with Crippen LogP contribution in [0.1, 0.15) is 72.1 Å². The number of rotatable bonds is 11. The highest BCUT2D eigenvalue weighted by atomic mass is 28.3. The van der Waals surface area contributed by atoms with Gasteiger partial charge in [-0.25, -0.2) is 0 Å². The van der Waals surface area contributed by atoms with Crippen molar-refractivity contribution in [2.24, 2.45) is 0 Å². The van der Waals surface area contributed by atoms with Crippen LogP contribution in [0.3, 0.4) is 0 Å². The van der Waals surface area contributed by atoms with Gasteiger partial charge in [0.2, 0.25) is 0 Å². The smallest absolute Gasteiger partial charge is 0.0844 e. The highest BCUT2D eigenvalue weighted by Crippen LogP contribution is 2.10. The molecule has 1 heteroatoms. The second-order valence-electron chi connectivity index (χ2n) is 4.89. The fourth-order valence-corrected chi connectivity index (χ4v) is 4.56. The van der Waals surface area contributed by atoms with Gasteiger partial charge in [-0.15, -0.1) is 0 Å². The van der Waals surface area contributed by atoms with Gasteiger partial charge in [-0.2, -0.15) is 0 Å². The minimum Gasteiger partial charge on any atom is -0.0974 e. The van der Waals surface area contributed by atoms with Gasteiger partial charge in [0.15, 0.2) is 0 Å². The molecule has 0 atom stereocenters. The van der Waals surface area contributed by atoms with Gasteiger partial charge in [0.05, 0.1) is 8.80 Å². The summed E-state index contributed by atoms with van der Waals surface area (Å²) < 4.78 is 0. The van der Waals surface area contributed by atoms with Crippen molar-refractivity contribution in [3.05, 3.63) is 23.6 Å². The van der Waals surface area contributed by atoms with Crippen LogP contribution in [-0.2, 0) is 0 Å². The summed E-state index contributed by atoms with van der Waals surface area (Å²) in [6, 6.07) is 1.47. The monoisotopic (exact) mass is 252 g/mol. The summed E-state index contributed by atoms with van der Waals surface area (Å²) in [5, 5.41) is 0. The molecular formula is C16H32Si. The van der Waals surface area contributed by atoms with Crippen molar-refractivity contribution >= 4 is 8.80 Å². The first kappa shape index (κ1) is 16.7. The Morgan fingerprint density at radius 3 is 1.76 bits per heavy atom. The molecule has 0 bridgehead atoms. The van der Waals surface area contributed by atoms with Crippen molar-refractivity contribution < 1.29 is 0 Å². The molecule has 0 fully saturated rings. The molecule has 0 aliphatic rings. The molecule has 0 aromatic carbocycles. The van der Waals surface area contributed by atoms with E-state index in [1.807, 2.05) is 0 Å². The van der Waals surface area contributed by atoms with Crippen LogP contribution in [-0.4, -0.2) is 8.80 Å². The topological polar surface area (TPSA) is 0 Å². The Kier molecular flexibility index (Phi) is 13.5. The lowest BCUT2D eigenvalue weighted by molar-refractivity contribution is 0.623. The minimum atomic E-state index is -0.689. The molecule has 0 N–H and O–H groups in total. The van der Waals surface area contributed by atoms with E-state index in [0.717, 1.165) is 0 Å². The Bertz CT molecular complexity index is 180. The number of allylic oxidation sites excluding steroid dienone is 2. The molecule has 100 valence electrons. The van der Waals surface area contributed by atoms with Crippen molar-refractivity contribution in [3.63, 3.8) is 0 Å². The summed E-state index contributed by atoms with van der Waals surface area (Å²) in [6.45, 7) is 6.75. The van der Waals surface area contributed by atoms with Gasteiger partial charge < -0.3 is 0 Å². The van der Waals surface area contributed by atoms with E-state index in [1.54, 1.807) is 0 Å². The molecule has 0 nitrogen and oxygen atoms in total. The number of unbranched alkanes of at least 4 members (excludes halogenated alkanes) is 5. The molecule has 0 unspecified atom stereocenters. The summed E-state index contributed by atoms with van der Waals surface area (Å²) in [7, 11) is -0.689. The van der Waals surface area contributed by atoms with Crippen LogP contribution in [0.4, 0.5) is 0 Å². The Morgan fingerprint density at radius 2 is 1.24 bits per heavy atom. The average Bonchev–Trinajstić information content (AvgIpc) is 2.35. The Labute approximate surface area is 111 Å². The van der Waals surface area contributed by atoms with Crippen LogP contribution < -0.4 is 0 Å². The molecule has 17 heavy (non-hydrogen) atoms. The zero-order valence-electron chi connectivity index (χ0n) is 12.3. The van der Waals surface area contributed by atoms with E-state index in [2.05, 4.69) is 44.3 Å². The van der Waals surface area contributed by atoms with Crippen LogP contribution in [0, 0.1) is 0 Å². The van der Waals surface area contributed by atoms with Crippen LogP contribution >= 0.6 is 0 Å². The van der Waals surface area contributed by atoms with Gasteiger partial charge in [0.25, 0.3) is 0 Å². The van der Waals surface area contributed by atoms with Crippen molar-refractivity contribution in [1.82, 2.24) is 0 Å². The molecule has 0 saturated carbocycles. The van der Waals surface area contributed by atoms with Crippen LogP contribution in [0.5, 0.6) is 0 Å². The molecule has 0 saturated heterocycles. The molecule has 0 rings (SSSR count). The second-order valence-corrected chi connectivity index (χ2v) is 7.57. The van der Waals surface area contributed by atoms with Crippen molar-refractivity contribution in [2.75, 3.05) is 0 Å². The second kappa shape index (κ2) is 13.8. The maximum absolute atomic E-state index is 2.53. The predicted octanol–water partition coefficient (Wildman–Crippen LogP) is 5.58. The number of hydrogen-bond donors (Lipinski definition) is 0. The lowest BCUT2D eigenvalue weighted by Gasteiger charge is -2.06. The molecule has 0 aromatic heterocycles. The third kappa shape index (κ3) is 12.0. The first-order valence-corrected chi connectivity index (χ1v) is 9.83. The first-order valence-electron chi connectivity index (χ1n) is 7.68. The van der Waals surface area contributed by atoms with Crippen molar-refractivity contribution in [3.8, 4) is 0 Å². The zero-order valence-corrected chi connectivity index (χ0v) is 13.4. The van der Waals surface area contributed by atoms with Gasteiger partial charge in [0.1, 0.15) is 0 Å². The highest BCUT2D eigenvalue weighted by molar-refractivity contribution is 6.69. The average molecular weight is 253 g/mol. The van der Waals surface area contributed by atoms with Crippen molar-refractivity contribution in [2.45, 2.75) is 78.2 Å². The van der Waals surface area contributed by atoms with E-state index in [0.29, 0.717) is 0 Å². The fraction of sp³-hybridized carbons (Fsp3) is 0.750. The van der Waals surface area contributed by atoms with E-state index in [4.69, 9.17) is 0 Å². The zero-order chi connectivity index (χ0) is 12.8. The van der Waals surface area contributed by atoms with E-state index in [9.17, 15) is 0 Å². The van der Waals surface area contributed by atoms with E-state index >= 15 is 0 Å². The predicted molar refractivity (Wildman–Crippen MR) is 84.2 cm³/mol. The van der Waals surface area contributed by atoms with Gasteiger partial charge in [0, 0.05) is 0 Å². The lowest BCUT2D eigenvalue weighted by Crippen LogP contribution is -2.05. The van der Waals surface area contributed by atoms with Gasteiger partial charge in [-0.1, -0.05) is 88.9 Å². The van der Waals surface area contributed by atoms with E-state index < -0.39 is 8.80 Å². The Hall–Kier alpha value is -0.303. The SMILES string of the molecule is CCC=C[SiH](C=CCC)CCCCCCCC. The van der Waals surface area contributed by atoms with E-state index in [-0.39, 0.29) is 0 Å². The number of hydrogen-bond acceptors (Lipinski definition) is 0. The third-order valence-electron chi connectivity index (χ3n) is 3.13. The molecule has 0 aliphatic carbocycles. The quantitative estimate of drug-likeness (QED) is 0.332. The highest BCUT2D eigenvalue weighted by Gasteiger charge is 2.01. The Morgan fingerprint density at radius 1 is 0.706 bits per heavy atom. The van der Waals surface area contributed by atoms with Crippen LogP contribution in [0.15, 0.2) is 23.6 Å². The van der Waals surface area contributed by atoms with Crippen molar-refractivity contribution in [1.29, 1.82) is 0 Å².